The lowest BCUT2D eigenvalue weighted by atomic mass is 9.64. The first-order valence-corrected chi connectivity index (χ1v) is 10.3. The summed E-state index contributed by atoms with van der Waals surface area (Å²) in [6.07, 6.45) is 2.42. The van der Waals surface area contributed by atoms with Crippen molar-refractivity contribution in [3.8, 4) is 0 Å². The Morgan fingerprint density at radius 2 is 1.39 bits per heavy atom. The van der Waals surface area contributed by atoms with E-state index >= 15 is 0 Å². The standard InChI is InChI=1S/C22H24Cl2N2O2/c1-21(2)7-12-18(14(27)9-21)17(11-5-6-16(23)26-20(11)24)19-13(25-12)8-22(3,4)10-15(19)28/h5-6,17,25H,7-10H2,1-4H3. The summed E-state index contributed by atoms with van der Waals surface area (Å²) in [5.74, 6) is -0.339. The summed E-state index contributed by atoms with van der Waals surface area (Å²) in [6.45, 7) is 8.40. The highest BCUT2D eigenvalue weighted by Gasteiger charge is 2.46. The maximum absolute atomic E-state index is 13.2. The Hall–Kier alpha value is -1.65. The van der Waals surface area contributed by atoms with Crippen LogP contribution in [0.4, 0.5) is 0 Å². The summed E-state index contributed by atoms with van der Waals surface area (Å²) >= 11 is 12.4. The number of rotatable bonds is 1. The minimum absolute atomic E-state index is 0.0685. The molecule has 1 aromatic rings. The van der Waals surface area contributed by atoms with E-state index in [0.29, 0.717) is 34.7 Å². The van der Waals surface area contributed by atoms with Gasteiger partial charge >= 0.3 is 0 Å². The van der Waals surface area contributed by atoms with Gasteiger partial charge in [0.25, 0.3) is 0 Å². The van der Waals surface area contributed by atoms with Crippen molar-refractivity contribution in [2.45, 2.75) is 59.3 Å². The molecule has 0 radical (unpaired) electrons. The van der Waals surface area contributed by atoms with Gasteiger partial charge in [-0.2, -0.15) is 0 Å². The van der Waals surface area contributed by atoms with Crippen molar-refractivity contribution in [1.82, 2.24) is 10.3 Å². The van der Waals surface area contributed by atoms with Gasteiger partial charge in [-0.1, -0.05) is 57.0 Å². The molecule has 2 aliphatic carbocycles. The molecule has 6 heteroatoms. The number of ketones is 2. The second kappa shape index (κ2) is 6.43. The van der Waals surface area contributed by atoms with E-state index < -0.39 is 5.92 Å². The van der Waals surface area contributed by atoms with Gasteiger partial charge in [0, 0.05) is 46.9 Å². The summed E-state index contributed by atoms with van der Waals surface area (Å²) < 4.78 is 0. The molecule has 4 nitrogen and oxygen atoms in total. The predicted octanol–water partition coefficient (Wildman–Crippen LogP) is 5.36. The Kier molecular flexibility index (Phi) is 4.51. The molecule has 0 fully saturated rings. The second-order valence-corrected chi connectivity index (χ2v) is 10.5. The lowest BCUT2D eigenvalue weighted by Crippen LogP contribution is -2.42. The molecule has 4 rings (SSSR count). The number of nitrogens with one attached hydrogen (secondary N) is 1. The molecule has 1 aromatic heterocycles. The minimum Gasteiger partial charge on any atom is -0.362 e. The van der Waals surface area contributed by atoms with Crippen molar-refractivity contribution in [2.24, 2.45) is 10.8 Å². The fourth-order valence-electron chi connectivity index (χ4n) is 4.84. The van der Waals surface area contributed by atoms with Crippen molar-refractivity contribution in [3.63, 3.8) is 0 Å². The van der Waals surface area contributed by atoms with E-state index in [1.165, 1.54) is 0 Å². The van der Waals surface area contributed by atoms with E-state index in [1.54, 1.807) is 12.1 Å². The first-order chi connectivity index (χ1) is 13.0. The van der Waals surface area contributed by atoms with Crippen molar-refractivity contribution < 1.29 is 9.59 Å². The van der Waals surface area contributed by atoms with Gasteiger partial charge in [-0.05, 0) is 29.7 Å². The van der Waals surface area contributed by atoms with Crippen molar-refractivity contribution in [1.29, 1.82) is 0 Å². The van der Waals surface area contributed by atoms with Gasteiger partial charge in [0.15, 0.2) is 11.6 Å². The van der Waals surface area contributed by atoms with E-state index in [0.717, 1.165) is 24.2 Å². The van der Waals surface area contributed by atoms with Crippen molar-refractivity contribution in [3.05, 3.63) is 50.5 Å². The molecule has 28 heavy (non-hydrogen) atoms. The van der Waals surface area contributed by atoms with Gasteiger partial charge in [0.2, 0.25) is 0 Å². The van der Waals surface area contributed by atoms with Crippen LogP contribution in [-0.4, -0.2) is 16.6 Å². The average molecular weight is 419 g/mol. The van der Waals surface area contributed by atoms with Crippen LogP contribution in [0, 0.1) is 10.8 Å². The molecule has 3 aliphatic rings. The molecule has 0 saturated carbocycles. The number of Topliss-reactive ketones (excluding diaryl/α,β-unsaturated/α-hetero) is 2. The Labute approximate surface area is 175 Å². The van der Waals surface area contributed by atoms with Gasteiger partial charge in [0.05, 0.1) is 0 Å². The van der Waals surface area contributed by atoms with Crippen molar-refractivity contribution >= 4 is 34.8 Å². The predicted molar refractivity (Wildman–Crippen MR) is 110 cm³/mol. The second-order valence-electron chi connectivity index (χ2n) is 9.74. The Morgan fingerprint density at radius 1 is 0.893 bits per heavy atom. The fraction of sp³-hybridized carbons (Fsp3) is 0.500. The van der Waals surface area contributed by atoms with Gasteiger partial charge in [0.1, 0.15) is 10.3 Å². The maximum Gasteiger partial charge on any atom is 0.162 e. The first kappa shape index (κ1) is 19.7. The number of allylic oxidation sites excluding steroid dienone is 4. The highest BCUT2D eigenvalue weighted by Crippen LogP contribution is 2.51. The number of dihydropyridines is 1. The molecular formula is C22H24Cl2N2O2. The average Bonchev–Trinajstić information content (AvgIpc) is 2.50. The molecule has 0 atom stereocenters. The minimum atomic E-state index is -0.476. The third kappa shape index (κ3) is 3.31. The van der Waals surface area contributed by atoms with Gasteiger partial charge in [-0.25, -0.2) is 4.98 Å². The lowest BCUT2D eigenvalue weighted by molar-refractivity contribution is -0.119. The highest BCUT2D eigenvalue weighted by atomic mass is 35.5. The Morgan fingerprint density at radius 3 is 1.86 bits per heavy atom. The zero-order chi connectivity index (χ0) is 20.4. The van der Waals surface area contributed by atoms with Crippen LogP contribution in [0.3, 0.4) is 0 Å². The van der Waals surface area contributed by atoms with E-state index in [2.05, 4.69) is 38.0 Å². The van der Waals surface area contributed by atoms with E-state index in [9.17, 15) is 9.59 Å². The maximum atomic E-state index is 13.2. The molecule has 0 saturated heterocycles. The van der Waals surface area contributed by atoms with Crippen LogP contribution < -0.4 is 5.32 Å². The van der Waals surface area contributed by atoms with Crippen molar-refractivity contribution in [2.75, 3.05) is 0 Å². The fourth-order valence-corrected chi connectivity index (χ4v) is 5.29. The van der Waals surface area contributed by atoms with Gasteiger partial charge < -0.3 is 5.32 Å². The van der Waals surface area contributed by atoms with Crippen LogP contribution in [0.1, 0.15) is 64.9 Å². The Balaban J connectivity index is 1.94. The highest BCUT2D eigenvalue weighted by molar-refractivity contribution is 6.33. The molecule has 0 spiro atoms. The number of carbonyl (C=O) groups is 2. The van der Waals surface area contributed by atoms with Crippen LogP contribution in [-0.2, 0) is 9.59 Å². The number of hydrogen-bond acceptors (Lipinski definition) is 4. The van der Waals surface area contributed by atoms with Crippen LogP contribution in [0.5, 0.6) is 0 Å². The SMILES string of the molecule is CC1(C)CC(=O)C2=C(C1)NC1=C(C(=O)CC(C)(C)C1)C2c1ccc(Cl)nc1Cl. The third-order valence-electron chi connectivity index (χ3n) is 5.87. The number of halogens is 2. The van der Waals surface area contributed by atoms with Gasteiger partial charge in [-0.15, -0.1) is 0 Å². The number of nitrogens with zero attached hydrogens (tertiary/aromatic N) is 1. The molecule has 0 unspecified atom stereocenters. The molecule has 1 N–H and O–H groups in total. The molecule has 0 amide bonds. The topological polar surface area (TPSA) is 59.1 Å². The first-order valence-electron chi connectivity index (χ1n) is 9.59. The summed E-state index contributed by atoms with van der Waals surface area (Å²) in [6, 6.07) is 3.46. The molecule has 2 heterocycles. The van der Waals surface area contributed by atoms with Crippen LogP contribution in [0.25, 0.3) is 0 Å². The van der Waals surface area contributed by atoms with Crippen LogP contribution in [0.15, 0.2) is 34.7 Å². The number of hydrogen-bond donors (Lipinski definition) is 1. The molecule has 148 valence electrons. The number of carbonyl (C=O) groups excluding carboxylic acids is 2. The van der Waals surface area contributed by atoms with Crippen LogP contribution in [0.2, 0.25) is 10.3 Å². The summed E-state index contributed by atoms with van der Waals surface area (Å²) in [7, 11) is 0. The quantitative estimate of drug-likeness (QED) is 0.623. The van der Waals surface area contributed by atoms with E-state index in [4.69, 9.17) is 23.2 Å². The smallest absolute Gasteiger partial charge is 0.162 e. The number of aromatic nitrogens is 1. The summed E-state index contributed by atoms with van der Waals surface area (Å²) in [4.78, 5) is 30.6. The monoisotopic (exact) mass is 418 g/mol. The van der Waals surface area contributed by atoms with E-state index in [1.807, 2.05) is 0 Å². The summed E-state index contributed by atoms with van der Waals surface area (Å²) in [5.41, 5.74) is 3.59. The zero-order valence-electron chi connectivity index (χ0n) is 16.6. The summed E-state index contributed by atoms with van der Waals surface area (Å²) in [5, 5.41) is 4.02. The molecule has 0 aromatic carbocycles. The lowest BCUT2D eigenvalue weighted by Gasteiger charge is -2.44. The van der Waals surface area contributed by atoms with E-state index in [-0.39, 0.29) is 27.5 Å². The number of pyridine rings is 1. The Bertz CT molecular complexity index is 921. The largest absolute Gasteiger partial charge is 0.362 e. The molecule has 0 bridgehead atoms. The molecule has 1 aliphatic heterocycles. The zero-order valence-corrected chi connectivity index (χ0v) is 18.1. The van der Waals surface area contributed by atoms with Gasteiger partial charge in [-0.3, -0.25) is 9.59 Å². The molecular weight excluding hydrogens is 395 g/mol. The normalized spacial score (nSPS) is 24.1. The van der Waals surface area contributed by atoms with Crippen LogP contribution >= 0.6 is 23.2 Å². The third-order valence-corrected chi connectivity index (χ3v) is 6.39.